The van der Waals surface area contributed by atoms with E-state index in [1.54, 1.807) is 17.2 Å². The molecule has 1 amide bonds. The van der Waals surface area contributed by atoms with Gasteiger partial charge in [0.15, 0.2) is 5.78 Å². The second-order valence-electron chi connectivity index (χ2n) is 7.79. The molecule has 1 fully saturated rings. The van der Waals surface area contributed by atoms with Crippen molar-refractivity contribution in [3.63, 3.8) is 0 Å². The number of nitrogens with one attached hydrogen (secondary N) is 1. The summed E-state index contributed by atoms with van der Waals surface area (Å²) in [6.07, 6.45) is 2.49. The number of likely N-dealkylation sites (tertiary alicyclic amines) is 1. The number of pyridine rings is 1. The minimum atomic E-state index is -0.535. The minimum absolute atomic E-state index is 0.0191. The standard InChI is InChI=1S/C22H23ClFN5O3/c23-17-8-15(1-2-18(17)24)32-12-14-7-20(30)16-3-5-27-19(22(16)28-14)9-26-10-21(31)29-6-4-13(25)11-29/h1-3,5,8,13,26H,4,6-7,9-12,25H2/t13-/m1/s1. The first-order valence-electron chi connectivity index (χ1n) is 10.3. The lowest BCUT2D eigenvalue weighted by Crippen LogP contribution is -2.38. The van der Waals surface area contributed by atoms with Gasteiger partial charge in [-0.15, -0.1) is 0 Å². The summed E-state index contributed by atoms with van der Waals surface area (Å²) in [7, 11) is 0. The minimum Gasteiger partial charge on any atom is -0.488 e. The van der Waals surface area contributed by atoms with Crippen molar-refractivity contribution in [2.75, 3.05) is 26.2 Å². The topological polar surface area (TPSA) is 110 Å². The van der Waals surface area contributed by atoms with Gasteiger partial charge < -0.3 is 20.7 Å². The lowest BCUT2D eigenvalue weighted by molar-refractivity contribution is -0.129. The Morgan fingerprint density at radius 1 is 1.38 bits per heavy atom. The Balaban J connectivity index is 1.41. The number of nitrogens with two attached hydrogens (primary N) is 1. The number of nitrogens with zero attached hydrogens (tertiary/aromatic N) is 3. The van der Waals surface area contributed by atoms with Gasteiger partial charge in [0.2, 0.25) is 5.91 Å². The molecule has 8 nitrogen and oxygen atoms in total. The number of carbonyl (C=O) groups excluding carboxylic acids is 2. The van der Waals surface area contributed by atoms with Crippen molar-refractivity contribution in [1.29, 1.82) is 0 Å². The van der Waals surface area contributed by atoms with Gasteiger partial charge >= 0.3 is 0 Å². The number of Topliss-reactive ketones (excluding diaryl/α,β-unsaturated/α-hetero) is 1. The van der Waals surface area contributed by atoms with Crippen LogP contribution in [0.25, 0.3) is 0 Å². The number of benzene rings is 1. The number of aliphatic imine (C=N–C) groups is 1. The number of fused-ring (bicyclic) bond motifs is 1. The number of halogens is 2. The molecule has 0 bridgehead atoms. The van der Waals surface area contributed by atoms with E-state index in [2.05, 4.69) is 15.3 Å². The van der Waals surface area contributed by atoms with Crippen molar-refractivity contribution in [1.82, 2.24) is 15.2 Å². The third-order valence-electron chi connectivity index (χ3n) is 5.38. The molecular formula is C22H23ClFN5O3. The van der Waals surface area contributed by atoms with Crippen LogP contribution in [-0.2, 0) is 11.3 Å². The van der Waals surface area contributed by atoms with E-state index >= 15 is 0 Å². The van der Waals surface area contributed by atoms with E-state index in [0.717, 1.165) is 6.42 Å². The molecule has 0 spiro atoms. The molecule has 168 valence electrons. The van der Waals surface area contributed by atoms with Crippen LogP contribution in [0.5, 0.6) is 5.75 Å². The van der Waals surface area contributed by atoms with Gasteiger partial charge in [-0.25, -0.2) is 4.39 Å². The van der Waals surface area contributed by atoms with Crippen LogP contribution >= 0.6 is 11.6 Å². The molecule has 1 aromatic heterocycles. The maximum absolute atomic E-state index is 13.3. The Morgan fingerprint density at radius 3 is 2.97 bits per heavy atom. The zero-order valence-electron chi connectivity index (χ0n) is 17.3. The molecule has 2 aliphatic heterocycles. The third kappa shape index (κ3) is 5.12. The SMILES string of the molecule is N[C@@H]1CCN(C(=O)CNCc2nccc3c2N=C(COc2ccc(F)c(Cl)c2)CC3=O)C1. The Labute approximate surface area is 189 Å². The predicted octanol–water partition coefficient (Wildman–Crippen LogP) is 2.26. The number of aromatic nitrogens is 1. The van der Waals surface area contributed by atoms with E-state index in [4.69, 9.17) is 22.1 Å². The van der Waals surface area contributed by atoms with E-state index < -0.39 is 5.82 Å². The van der Waals surface area contributed by atoms with Gasteiger partial charge in [-0.05, 0) is 24.6 Å². The normalized spacial score (nSPS) is 17.8. The van der Waals surface area contributed by atoms with Crippen LogP contribution in [0.4, 0.5) is 10.1 Å². The third-order valence-corrected chi connectivity index (χ3v) is 5.67. The lowest BCUT2D eigenvalue weighted by atomic mass is 10.00. The summed E-state index contributed by atoms with van der Waals surface area (Å²) in [5.41, 5.74) is 7.92. The van der Waals surface area contributed by atoms with Crippen LogP contribution in [-0.4, -0.2) is 59.6 Å². The van der Waals surface area contributed by atoms with Crippen molar-refractivity contribution in [2.24, 2.45) is 10.7 Å². The van der Waals surface area contributed by atoms with E-state index in [1.807, 2.05) is 0 Å². The van der Waals surface area contributed by atoms with Gasteiger partial charge in [0.05, 0.1) is 35.1 Å². The Morgan fingerprint density at radius 2 is 2.22 bits per heavy atom. The second-order valence-corrected chi connectivity index (χ2v) is 8.20. The average Bonchev–Trinajstić information content (AvgIpc) is 3.21. The smallest absolute Gasteiger partial charge is 0.236 e. The highest BCUT2D eigenvalue weighted by atomic mass is 35.5. The Kier molecular flexibility index (Phi) is 6.78. The molecule has 0 radical (unpaired) electrons. The number of amides is 1. The summed E-state index contributed by atoms with van der Waals surface area (Å²) in [6.45, 7) is 1.73. The van der Waals surface area contributed by atoms with Gasteiger partial charge in [-0.3, -0.25) is 19.6 Å². The van der Waals surface area contributed by atoms with Crippen LogP contribution in [0.2, 0.25) is 5.02 Å². The zero-order valence-corrected chi connectivity index (χ0v) is 18.1. The fraction of sp³-hybridized carbons (Fsp3) is 0.364. The predicted molar refractivity (Wildman–Crippen MR) is 118 cm³/mol. The summed E-state index contributed by atoms with van der Waals surface area (Å²) >= 11 is 5.78. The molecule has 4 rings (SSSR count). The van der Waals surface area contributed by atoms with Gasteiger partial charge in [-0.1, -0.05) is 11.6 Å². The molecular weight excluding hydrogens is 437 g/mol. The number of ether oxygens (including phenoxy) is 1. The quantitative estimate of drug-likeness (QED) is 0.657. The first-order valence-corrected chi connectivity index (χ1v) is 10.7. The highest BCUT2D eigenvalue weighted by molar-refractivity contribution is 6.30. The fourth-order valence-electron chi connectivity index (χ4n) is 3.68. The molecule has 1 aromatic carbocycles. The van der Waals surface area contributed by atoms with Crippen LogP contribution in [0, 0.1) is 5.82 Å². The van der Waals surface area contributed by atoms with Crippen molar-refractivity contribution in [3.05, 3.63) is 52.6 Å². The molecule has 0 aliphatic carbocycles. The number of hydrogen-bond acceptors (Lipinski definition) is 7. The highest BCUT2D eigenvalue weighted by Gasteiger charge is 2.25. The van der Waals surface area contributed by atoms with Gasteiger partial charge in [0.25, 0.3) is 0 Å². The molecule has 32 heavy (non-hydrogen) atoms. The van der Waals surface area contributed by atoms with Crippen molar-refractivity contribution < 1.29 is 18.7 Å². The molecule has 0 unspecified atom stereocenters. The van der Waals surface area contributed by atoms with E-state index in [0.29, 0.717) is 41.5 Å². The molecule has 10 heteroatoms. The van der Waals surface area contributed by atoms with Crippen LogP contribution in [0.15, 0.2) is 35.5 Å². The van der Waals surface area contributed by atoms with Gasteiger partial charge in [0, 0.05) is 43.5 Å². The van der Waals surface area contributed by atoms with E-state index in [1.165, 1.54) is 18.2 Å². The van der Waals surface area contributed by atoms with Crippen molar-refractivity contribution in [2.45, 2.75) is 25.4 Å². The summed E-state index contributed by atoms with van der Waals surface area (Å²) in [5.74, 6) is -0.260. The maximum atomic E-state index is 13.3. The lowest BCUT2D eigenvalue weighted by Gasteiger charge is -2.18. The largest absolute Gasteiger partial charge is 0.488 e. The van der Waals surface area contributed by atoms with Crippen LogP contribution in [0.1, 0.15) is 28.9 Å². The van der Waals surface area contributed by atoms with E-state index in [9.17, 15) is 14.0 Å². The molecule has 1 atom stereocenters. The number of hydrogen-bond donors (Lipinski definition) is 2. The summed E-state index contributed by atoms with van der Waals surface area (Å²) < 4.78 is 18.9. The van der Waals surface area contributed by atoms with Crippen molar-refractivity contribution in [3.8, 4) is 5.75 Å². The molecule has 2 aliphatic rings. The first-order chi connectivity index (χ1) is 15.4. The molecule has 0 saturated carbocycles. The number of carbonyl (C=O) groups is 2. The number of ketones is 1. The molecule has 3 heterocycles. The summed E-state index contributed by atoms with van der Waals surface area (Å²) in [4.78, 5) is 35.6. The summed E-state index contributed by atoms with van der Waals surface area (Å²) in [6, 6.07) is 5.72. The van der Waals surface area contributed by atoms with Gasteiger partial charge in [-0.2, -0.15) is 0 Å². The zero-order chi connectivity index (χ0) is 22.7. The van der Waals surface area contributed by atoms with Gasteiger partial charge in [0.1, 0.15) is 18.2 Å². The average molecular weight is 460 g/mol. The van der Waals surface area contributed by atoms with Crippen molar-refractivity contribution >= 4 is 34.7 Å². The van der Waals surface area contributed by atoms with Crippen LogP contribution < -0.4 is 15.8 Å². The fourth-order valence-corrected chi connectivity index (χ4v) is 3.86. The van der Waals surface area contributed by atoms with Crippen LogP contribution in [0.3, 0.4) is 0 Å². The second kappa shape index (κ2) is 9.72. The molecule has 1 saturated heterocycles. The van der Waals surface area contributed by atoms with E-state index in [-0.39, 0.29) is 48.9 Å². The first kappa shape index (κ1) is 22.3. The molecule has 2 aromatic rings. The number of rotatable bonds is 7. The highest BCUT2D eigenvalue weighted by Crippen LogP contribution is 2.29. The maximum Gasteiger partial charge on any atom is 0.236 e. The molecule has 3 N–H and O–H groups in total. The summed E-state index contributed by atoms with van der Waals surface area (Å²) in [5, 5.41) is 3.04. The Bertz CT molecular complexity index is 1080. The monoisotopic (exact) mass is 459 g/mol. The Hall–Kier alpha value is -2.88.